The van der Waals surface area contributed by atoms with E-state index < -0.39 is 10.7 Å². The van der Waals surface area contributed by atoms with Crippen LogP contribution in [0.4, 0.5) is 0 Å². The SMILES string of the molecule is Cc1cc(=O)oc2cc(OCCOCCO[N+](=O)[O-])ccc12. The van der Waals surface area contributed by atoms with Crippen molar-refractivity contribution in [1.29, 1.82) is 0 Å². The van der Waals surface area contributed by atoms with Gasteiger partial charge < -0.3 is 18.7 Å². The third-order valence-corrected chi connectivity index (χ3v) is 2.84. The monoisotopic (exact) mass is 309 g/mol. The molecule has 8 heteroatoms. The fourth-order valence-electron chi connectivity index (χ4n) is 1.89. The van der Waals surface area contributed by atoms with Gasteiger partial charge in [-0.15, -0.1) is 10.1 Å². The van der Waals surface area contributed by atoms with Gasteiger partial charge in [-0.2, -0.15) is 0 Å². The molecule has 8 nitrogen and oxygen atoms in total. The lowest BCUT2D eigenvalue weighted by Gasteiger charge is -2.08. The van der Waals surface area contributed by atoms with Gasteiger partial charge in [-0.3, -0.25) is 0 Å². The molecule has 0 spiro atoms. The number of hydrogen-bond donors (Lipinski definition) is 0. The van der Waals surface area contributed by atoms with Crippen molar-refractivity contribution in [3.63, 3.8) is 0 Å². The molecule has 118 valence electrons. The molecule has 22 heavy (non-hydrogen) atoms. The first-order valence-electron chi connectivity index (χ1n) is 6.58. The topological polar surface area (TPSA) is 101 Å². The standard InChI is InChI=1S/C14H15NO7/c1-10-8-14(16)22-13-9-11(2-3-12(10)13)20-6-4-19-5-7-21-15(17)18/h2-3,8-9H,4-7H2,1H3. The van der Waals surface area contributed by atoms with Crippen LogP contribution in [0.1, 0.15) is 5.56 Å². The molecule has 0 saturated carbocycles. The van der Waals surface area contributed by atoms with E-state index >= 15 is 0 Å². The summed E-state index contributed by atoms with van der Waals surface area (Å²) in [5.74, 6) is 0.548. The molecule has 2 rings (SSSR count). The normalized spacial score (nSPS) is 10.6. The third-order valence-electron chi connectivity index (χ3n) is 2.84. The molecule has 0 bridgehead atoms. The average molecular weight is 309 g/mol. The van der Waals surface area contributed by atoms with Gasteiger partial charge in [0, 0.05) is 17.5 Å². The summed E-state index contributed by atoms with van der Waals surface area (Å²) in [6, 6.07) is 6.66. The Morgan fingerprint density at radius 3 is 2.73 bits per heavy atom. The summed E-state index contributed by atoms with van der Waals surface area (Å²) >= 11 is 0. The van der Waals surface area contributed by atoms with Crippen LogP contribution in [0.5, 0.6) is 5.75 Å². The van der Waals surface area contributed by atoms with Gasteiger partial charge in [-0.25, -0.2) is 4.79 Å². The maximum absolute atomic E-state index is 11.3. The molecule has 0 N–H and O–H groups in total. The molecule has 2 aromatic rings. The molecular formula is C14H15NO7. The van der Waals surface area contributed by atoms with E-state index in [2.05, 4.69) is 4.84 Å². The molecule has 0 atom stereocenters. The smallest absolute Gasteiger partial charge is 0.336 e. The molecule has 0 unspecified atom stereocenters. The zero-order chi connectivity index (χ0) is 15.9. The van der Waals surface area contributed by atoms with Crippen molar-refractivity contribution in [3.8, 4) is 5.75 Å². The second-order valence-corrected chi connectivity index (χ2v) is 4.42. The van der Waals surface area contributed by atoms with Crippen LogP contribution in [-0.2, 0) is 9.57 Å². The Bertz CT molecular complexity index is 710. The summed E-state index contributed by atoms with van der Waals surface area (Å²) in [4.78, 5) is 25.3. The van der Waals surface area contributed by atoms with E-state index in [-0.39, 0.29) is 26.4 Å². The zero-order valence-electron chi connectivity index (χ0n) is 11.9. The van der Waals surface area contributed by atoms with Gasteiger partial charge in [0.2, 0.25) is 0 Å². The van der Waals surface area contributed by atoms with E-state index in [1.54, 1.807) is 12.1 Å². The lowest BCUT2D eigenvalue weighted by molar-refractivity contribution is -0.758. The summed E-state index contributed by atoms with van der Waals surface area (Å²) < 4.78 is 15.7. The highest BCUT2D eigenvalue weighted by atomic mass is 17.0. The molecule has 0 aliphatic heterocycles. The highest BCUT2D eigenvalue weighted by Gasteiger charge is 2.04. The van der Waals surface area contributed by atoms with E-state index in [0.29, 0.717) is 11.3 Å². The first-order chi connectivity index (χ1) is 10.6. The number of benzene rings is 1. The van der Waals surface area contributed by atoms with Gasteiger partial charge in [0.15, 0.2) is 0 Å². The maximum atomic E-state index is 11.3. The van der Waals surface area contributed by atoms with Crippen LogP contribution >= 0.6 is 0 Å². The van der Waals surface area contributed by atoms with Gasteiger partial charge in [0.1, 0.15) is 24.5 Å². The predicted octanol–water partition coefficient (Wildman–Crippen LogP) is 1.71. The number of aryl methyl sites for hydroxylation is 1. The largest absolute Gasteiger partial charge is 0.491 e. The lowest BCUT2D eigenvalue weighted by Crippen LogP contribution is -2.12. The number of ether oxygens (including phenoxy) is 2. The van der Waals surface area contributed by atoms with Gasteiger partial charge in [-0.1, -0.05) is 0 Å². The first-order valence-corrected chi connectivity index (χ1v) is 6.58. The van der Waals surface area contributed by atoms with Crippen molar-refractivity contribution in [1.82, 2.24) is 0 Å². The van der Waals surface area contributed by atoms with E-state index in [1.807, 2.05) is 13.0 Å². The number of rotatable bonds is 8. The number of fused-ring (bicyclic) bond motifs is 1. The van der Waals surface area contributed by atoms with Crippen molar-refractivity contribution in [2.45, 2.75) is 6.92 Å². The quantitative estimate of drug-likeness (QED) is 0.316. The minimum Gasteiger partial charge on any atom is -0.491 e. The van der Waals surface area contributed by atoms with Gasteiger partial charge in [0.25, 0.3) is 5.09 Å². The van der Waals surface area contributed by atoms with Gasteiger partial charge in [0.05, 0.1) is 13.2 Å². The summed E-state index contributed by atoms with van der Waals surface area (Å²) in [6.07, 6.45) is 0. The summed E-state index contributed by atoms with van der Waals surface area (Å²) in [6.45, 7) is 2.35. The summed E-state index contributed by atoms with van der Waals surface area (Å²) in [5, 5.41) is 9.88. The molecule has 1 aromatic heterocycles. The van der Waals surface area contributed by atoms with Crippen LogP contribution in [0.25, 0.3) is 11.0 Å². The van der Waals surface area contributed by atoms with Crippen LogP contribution in [0, 0.1) is 17.0 Å². The van der Waals surface area contributed by atoms with E-state index in [0.717, 1.165) is 10.9 Å². The molecule has 0 aliphatic carbocycles. The minimum absolute atomic E-state index is 0.107. The third kappa shape index (κ3) is 4.45. The lowest BCUT2D eigenvalue weighted by atomic mass is 10.1. The molecule has 0 fully saturated rings. The van der Waals surface area contributed by atoms with E-state index in [1.165, 1.54) is 6.07 Å². The van der Waals surface area contributed by atoms with Gasteiger partial charge in [-0.05, 0) is 24.6 Å². The maximum Gasteiger partial charge on any atom is 0.336 e. The predicted molar refractivity (Wildman–Crippen MR) is 76.5 cm³/mol. The van der Waals surface area contributed by atoms with Crippen LogP contribution in [-0.4, -0.2) is 31.5 Å². The summed E-state index contributed by atoms with van der Waals surface area (Å²) in [7, 11) is 0. The van der Waals surface area contributed by atoms with Crippen molar-refractivity contribution in [2.75, 3.05) is 26.4 Å². The van der Waals surface area contributed by atoms with Crippen molar-refractivity contribution >= 4 is 11.0 Å². The van der Waals surface area contributed by atoms with Crippen LogP contribution in [0.15, 0.2) is 33.5 Å². The Kier molecular flexibility index (Phi) is 5.31. The molecule has 1 heterocycles. The Labute approximate surface area is 125 Å². The zero-order valence-corrected chi connectivity index (χ0v) is 11.9. The van der Waals surface area contributed by atoms with Gasteiger partial charge >= 0.3 is 5.63 Å². The van der Waals surface area contributed by atoms with E-state index in [9.17, 15) is 14.9 Å². The van der Waals surface area contributed by atoms with Crippen molar-refractivity contribution < 1.29 is 23.8 Å². The second kappa shape index (κ2) is 7.41. The first kappa shape index (κ1) is 15.8. The molecule has 1 aromatic carbocycles. The van der Waals surface area contributed by atoms with Crippen molar-refractivity contribution in [2.24, 2.45) is 0 Å². The van der Waals surface area contributed by atoms with E-state index in [4.69, 9.17) is 13.9 Å². The number of nitrogens with zero attached hydrogens (tertiary/aromatic N) is 1. The Hall–Kier alpha value is -2.61. The second-order valence-electron chi connectivity index (χ2n) is 4.42. The average Bonchev–Trinajstić information content (AvgIpc) is 2.45. The molecule has 0 radical (unpaired) electrons. The van der Waals surface area contributed by atoms with Crippen LogP contribution in [0.2, 0.25) is 0 Å². The summed E-state index contributed by atoms with van der Waals surface area (Å²) in [5.41, 5.74) is 0.894. The molecule has 0 amide bonds. The highest BCUT2D eigenvalue weighted by molar-refractivity contribution is 5.81. The van der Waals surface area contributed by atoms with Crippen LogP contribution in [0.3, 0.4) is 0 Å². The minimum atomic E-state index is -0.870. The Balaban J connectivity index is 1.82. The molecule has 0 aliphatic rings. The molecular weight excluding hydrogens is 294 g/mol. The van der Waals surface area contributed by atoms with Crippen LogP contribution < -0.4 is 10.4 Å². The fourth-order valence-corrected chi connectivity index (χ4v) is 1.89. The highest BCUT2D eigenvalue weighted by Crippen LogP contribution is 2.22. The number of hydrogen-bond acceptors (Lipinski definition) is 7. The Morgan fingerprint density at radius 1 is 1.18 bits per heavy atom. The fraction of sp³-hybridized carbons (Fsp3) is 0.357. The molecule has 0 saturated heterocycles. The Morgan fingerprint density at radius 2 is 1.95 bits per heavy atom. The van der Waals surface area contributed by atoms with Crippen molar-refractivity contribution in [3.05, 3.63) is 50.4 Å².